The Hall–Kier alpha value is -2.07. The van der Waals surface area contributed by atoms with Crippen LogP contribution < -0.4 is 0 Å². The molecule has 0 N–H and O–H groups in total. The van der Waals surface area contributed by atoms with Crippen LogP contribution in [-0.2, 0) is 4.79 Å². The van der Waals surface area contributed by atoms with Crippen molar-refractivity contribution in [2.75, 3.05) is 39.8 Å². The summed E-state index contributed by atoms with van der Waals surface area (Å²) < 4.78 is 0. The van der Waals surface area contributed by atoms with Crippen molar-refractivity contribution in [2.45, 2.75) is 13.0 Å². The van der Waals surface area contributed by atoms with Gasteiger partial charge in [-0.05, 0) is 25.6 Å². The van der Waals surface area contributed by atoms with Crippen LogP contribution in [0.4, 0.5) is 0 Å². The van der Waals surface area contributed by atoms with E-state index in [1.54, 1.807) is 6.08 Å². The van der Waals surface area contributed by atoms with Gasteiger partial charge in [0.1, 0.15) is 0 Å². The number of hydrogen-bond acceptors (Lipinski definition) is 3. The van der Waals surface area contributed by atoms with Crippen molar-refractivity contribution in [2.24, 2.45) is 0 Å². The highest BCUT2D eigenvalue weighted by molar-refractivity contribution is 5.78. The third-order valence-corrected chi connectivity index (χ3v) is 4.60. The van der Waals surface area contributed by atoms with Crippen LogP contribution in [0.5, 0.6) is 0 Å². The summed E-state index contributed by atoms with van der Waals surface area (Å²) in [4.78, 5) is 18.7. The lowest BCUT2D eigenvalue weighted by atomic mass is 10.1. The Bertz CT molecular complexity index is 547. The maximum Gasteiger partial charge on any atom is 0.236 e. The molecule has 0 bridgehead atoms. The molecule has 0 radical (unpaired) electrons. The van der Waals surface area contributed by atoms with Crippen molar-refractivity contribution < 1.29 is 4.79 Å². The zero-order chi connectivity index (χ0) is 16.8. The highest BCUT2D eigenvalue weighted by atomic mass is 16.2. The number of amides is 1. The van der Waals surface area contributed by atoms with Crippen molar-refractivity contribution in [1.82, 2.24) is 14.7 Å². The van der Waals surface area contributed by atoms with Gasteiger partial charge in [-0.3, -0.25) is 9.69 Å². The van der Waals surface area contributed by atoms with Gasteiger partial charge in [0.15, 0.2) is 0 Å². The molecule has 1 aromatic carbocycles. The highest BCUT2D eigenvalue weighted by Gasteiger charge is 2.23. The molecule has 1 saturated heterocycles. The molecule has 0 unspecified atom stereocenters. The van der Waals surface area contributed by atoms with Crippen LogP contribution in [0.1, 0.15) is 18.5 Å². The number of carbonyl (C=O) groups is 1. The minimum Gasteiger partial charge on any atom is -0.368 e. The normalized spacial score (nSPS) is 16.3. The molecule has 124 valence electrons. The zero-order valence-electron chi connectivity index (χ0n) is 14.2. The van der Waals surface area contributed by atoms with E-state index in [-0.39, 0.29) is 11.9 Å². The van der Waals surface area contributed by atoms with E-state index in [0.717, 1.165) is 31.9 Å². The fourth-order valence-electron chi connectivity index (χ4n) is 2.81. The summed E-state index contributed by atoms with van der Waals surface area (Å²) in [7, 11) is 2.01. The molecule has 0 saturated carbocycles. The number of likely N-dealkylation sites (N-methyl/N-ethyl adjacent to an activating group) is 1. The van der Waals surface area contributed by atoms with Crippen LogP contribution in [0, 0.1) is 0 Å². The Balaban J connectivity index is 1.85. The van der Waals surface area contributed by atoms with Gasteiger partial charge in [0.05, 0.1) is 6.54 Å². The zero-order valence-corrected chi connectivity index (χ0v) is 14.2. The van der Waals surface area contributed by atoms with Gasteiger partial charge in [-0.25, -0.2) is 0 Å². The SMILES string of the molecule is C=CC(=C)N1CCN(C(=O)CN(C)[C@H](C)c2ccccc2)CC1. The predicted octanol–water partition coefficient (Wildman–Crippen LogP) is 2.52. The third-order valence-electron chi connectivity index (χ3n) is 4.60. The van der Waals surface area contributed by atoms with Gasteiger partial charge in [-0.2, -0.15) is 0 Å². The van der Waals surface area contributed by atoms with E-state index in [0.29, 0.717) is 6.54 Å². The molecule has 1 aliphatic heterocycles. The lowest BCUT2D eigenvalue weighted by molar-refractivity contribution is -0.134. The predicted molar refractivity (Wildman–Crippen MR) is 95.0 cm³/mol. The maximum absolute atomic E-state index is 12.5. The lowest BCUT2D eigenvalue weighted by Crippen LogP contribution is -2.50. The van der Waals surface area contributed by atoms with E-state index in [4.69, 9.17) is 0 Å². The Labute approximate surface area is 139 Å². The molecule has 2 rings (SSSR count). The molecular formula is C19H27N3O. The molecule has 0 aromatic heterocycles. The van der Waals surface area contributed by atoms with Gasteiger partial charge in [0, 0.05) is 37.9 Å². The second kappa shape index (κ2) is 7.97. The van der Waals surface area contributed by atoms with Gasteiger partial charge < -0.3 is 9.80 Å². The lowest BCUT2D eigenvalue weighted by Gasteiger charge is -2.37. The first-order valence-electron chi connectivity index (χ1n) is 8.12. The van der Waals surface area contributed by atoms with Crippen molar-refractivity contribution in [3.63, 3.8) is 0 Å². The molecule has 1 aromatic rings. The van der Waals surface area contributed by atoms with Crippen LogP contribution in [0.3, 0.4) is 0 Å². The Morgan fingerprint density at radius 1 is 1.22 bits per heavy atom. The fourth-order valence-corrected chi connectivity index (χ4v) is 2.81. The third kappa shape index (κ3) is 4.45. The van der Waals surface area contributed by atoms with Crippen LogP contribution >= 0.6 is 0 Å². The minimum absolute atomic E-state index is 0.194. The molecule has 4 heteroatoms. The summed E-state index contributed by atoms with van der Waals surface area (Å²) in [6.45, 7) is 13.4. The number of nitrogens with zero attached hydrogens (tertiary/aromatic N) is 3. The van der Waals surface area contributed by atoms with Crippen LogP contribution in [0.2, 0.25) is 0 Å². The summed E-state index contributed by atoms with van der Waals surface area (Å²) in [6, 6.07) is 10.5. The van der Waals surface area contributed by atoms with Crippen molar-refractivity contribution in [3.8, 4) is 0 Å². The first-order chi connectivity index (χ1) is 11.0. The van der Waals surface area contributed by atoms with Gasteiger partial charge >= 0.3 is 0 Å². The first-order valence-corrected chi connectivity index (χ1v) is 8.12. The number of rotatable bonds is 6. The molecule has 1 amide bonds. The Morgan fingerprint density at radius 3 is 2.35 bits per heavy atom. The summed E-state index contributed by atoms with van der Waals surface area (Å²) in [5.74, 6) is 0.194. The van der Waals surface area contributed by atoms with E-state index in [1.165, 1.54) is 5.56 Å². The van der Waals surface area contributed by atoms with Gasteiger partial charge in [0.25, 0.3) is 0 Å². The monoisotopic (exact) mass is 313 g/mol. The van der Waals surface area contributed by atoms with Crippen molar-refractivity contribution in [1.29, 1.82) is 0 Å². The van der Waals surface area contributed by atoms with Crippen molar-refractivity contribution in [3.05, 3.63) is 60.8 Å². The quantitative estimate of drug-likeness (QED) is 0.755. The van der Waals surface area contributed by atoms with E-state index in [2.05, 4.69) is 42.0 Å². The van der Waals surface area contributed by atoms with Crippen LogP contribution in [-0.4, -0.2) is 60.4 Å². The summed E-state index contributed by atoms with van der Waals surface area (Å²) in [6.07, 6.45) is 1.77. The minimum atomic E-state index is 0.194. The second-order valence-corrected chi connectivity index (χ2v) is 6.07. The number of piperazine rings is 1. The maximum atomic E-state index is 12.5. The number of carbonyl (C=O) groups excluding carboxylic acids is 1. The van der Waals surface area contributed by atoms with Crippen LogP contribution in [0.15, 0.2) is 55.3 Å². The van der Waals surface area contributed by atoms with Crippen molar-refractivity contribution >= 4 is 5.91 Å². The number of allylic oxidation sites excluding steroid dienone is 1. The molecule has 1 heterocycles. The molecular weight excluding hydrogens is 286 g/mol. The average molecular weight is 313 g/mol. The molecule has 0 spiro atoms. The smallest absolute Gasteiger partial charge is 0.236 e. The molecule has 1 aliphatic rings. The second-order valence-electron chi connectivity index (χ2n) is 6.07. The van der Waals surface area contributed by atoms with E-state index < -0.39 is 0 Å². The largest absolute Gasteiger partial charge is 0.368 e. The molecule has 4 nitrogen and oxygen atoms in total. The highest BCUT2D eigenvalue weighted by Crippen LogP contribution is 2.18. The van der Waals surface area contributed by atoms with Gasteiger partial charge in [-0.15, -0.1) is 0 Å². The molecule has 1 fully saturated rings. The topological polar surface area (TPSA) is 26.8 Å². The van der Waals surface area contributed by atoms with E-state index in [9.17, 15) is 4.79 Å². The Morgan fingerprint density at radius 2 is 1.78 bits per heavy atom. The average Bonchev–Trinajstić information content (AvgIpc) is 2.61. The molecule has 0 aliphatic carbocycles. The Kier molecular flexibility index (Phi) is 5.99. The van der Waals surface area contributed by atoms with E-state index >= 15 is 0 Å². The standard InChI is InChI=1S/C19H27N3O/c1-5-16(2)21-11-13-22(14-12-21)19(23)15-20(4)17(3)18-9-7-6-8-10-18/h5-10,17H,1-2,11-15H2,3-4H3/t17-/m1/s1. The molecule has 23 heavy (non-hydrogen) atoms. The van der Waals surface area contributed by atoms with E-state index in [1.807, 2.05) is 30.1 Å². The molecule has 1 atom stereocenters. The van der Waals surface area contributed by atoms with Crippen LogP contribution in [0.25, 0.3) is 0 Å². The fraction of sp³-hybridized carbons (Fsp3) is 0.421. The number of benzene rings is 1. The summed E-state index contributed by atoms with van der Waals surface area (Å²) in [5, 5.41) is 0. The van der Waals surface area contributed by atoms with Gasteiger partial charge in [0.2, 0.25) is 5.91 Å². The number of hydrogen-bond donors (Lipinski definition) is 0. The first kappa shape index (κ1) is 17.3. The summed E-state index contributed by atoms with van der Waals surface area (Å²) in [5.41, 5.74) is 2.17. The summed E-state index contributed by atoms with van der Waals surface area (Å²) >= 11 is 0. The van der Waals surface area contributed by atoms with Gasteiger partial charge in [-0.1, -0.05) is 43.5 Å².